The molecular weight excluding hydrogens is 1690 g/mol. The standard InChI is InChI=1S/C84H123N21O22S/c1-128-42-28-50(93-78(121)58-22-3-30-94(58)64(106)44-87-72(115)52-16-4-36-100(52)79(122)51-15-2-29-85-51)71(114)86-43-65(107)95-31-10-23-59(95)80(123)101-37-5-17-53(101)73(116)88-45-66(108)96-32-11-24-60(96)81(124)102-38-6-18-54(102)74(117)89-46-67(109)97-33-12-25-61(97)82(125)103-39-7-19-55(103)75(118)90-47-68(110)98-34-13-26-62(98)83(126)104-40-8-20-56(104)76(119)91-48-69(111)99-35-14-27-63(99)84(127)105-41-9-21-57(105)77(120)92-49-70(112)113/h50-63,85H,2-49H2,1H3,(H,86,114)(H,87,115)(H,88,116)(H,89,117)(H,90,118)(H,91,119)(H,92,120)(H,93,121)(H,112,113)/t50-,51-,52-,53-,54-,55-,56-,57-,58-,59-,60-,61-,62-,63-/m0/s1. The van der Waals surface area contributed by atoms with Gasteiger partial charge in [-0.3, -0.25) is 101 Å². The molecular formula is C84H123N21O22S. The van der Waals surface area contributed by atoms with E-state index in [1.54, 1.807) is 4.90 Å². The van der Waals surface area contributed by atoms with E-state index in [0.29, 0.717) is 121 Å². The largest absolute Gasteiger partial charge is 0.480 e. The molecule has 0 saturated carbocycles. The Morgan fingerprint density at radius 3 is 0.734 bits per heavy atom. The van der Waals surface area contributed by atoms with E-state index in [1.165, 1.54) is 65.7 Å². The summed E-state index contributed by atoms with van der Waals surface area (Å²) >= 11 is 1.44. The van der Waals surface area contributed by atoms with Gasteiger partial charge in [0.05, 0.1) is 45.3 Å². The number of aliphatic carboxylic acids is 1. The van der Waals surface area contributed by atoms with Crippen molar-refractivity contribution >= 4 is 136 Å². The van der Waals surface area contributed by atoms with Crippen molar-refractivity contribution in [2.75, 3.05) is 143 Å². The number of carbonyl (C=O) groups excluding carboxylic acids is 20. The molecule has 43 nitrogen and oxygen atoms in total. The van der Waals surface area contributed by atoms with Crippen LogP contribution in [0.5, 0.6) is 0 Å². The van der Waals surface area contributed by atoms with Gasteiger partial charge in [-0.1, -0.05) is 0 Å². The molecule has 13 saturated heterocycles. The molecule has 0 unspecified atom stereocenters. The second-order valence-corrected chi connectivity index (χ2v) is 36.5. The van der Waals surface area contributed by atoms with Crippen LogP contribution in [0.15, 0.2) is 0 Å². The van der Waals surface area contributed by atoms with Crippen molar-refractivity contribution in [2.24, 2.45) is 0 Å². The minimum absolute atomic E-state index is 0.130. The molecule has 0 aromatic rings. The lowest BCUT2D eigenvalue weighted by atomic mass is 10.1. The van der Waals surface area contributed by atoms with Gasteiger partial charge >= 0.3 is 5.97 Å². The number of carbonyl (C=O) groups is 21. The van der Waals surface area contributed by atoms with Crippen molar-refractivity contribution in [2.45, 2.75) is 258 Å². The number of nitrogens with zero attached hydrogens (tertiary/aromatic N) is 12. The van der Waals surface area contributed by atoms with Crippen LogP contribution in [0.3, 0.4) is 0 Å². The van der Waals surface area contributed by atoms with Crippen molar-refractivity contribution in [3.63, 3.8) is 0 Å². The molecule has 13 fully saturated rings. The molecule has 13 rings (SSSR count). The number of likely N-dealkylation sites (tertiary alicyclic amines) is 12. The quantitative estimate of drug-likeness (QED) is 0.0300. The van der Waals surface area contributed by atoms with Gasteiger partial charge in [0.15, 0.2) is 0 Å². The van der Waals surface area contributed by atoms with E-state index in [9.17, 15) is 101 Å². The molecule has 0 radical (unpaired) electrons. The third-order valence-corrected chi connectivity index (χ3v) is 28.3. The summed E-state index contributed by atoms with van der Waals surface area (Å²) in [5, 5.41) is 33.3. The number of nitrogens with one attached hydrogen (secondary N) is 9. The fraction of sp³-hybridized carbons (Fsp3) is 0.750. The van der Waals surface area contributed by atoms with Gasteiger partial charge in [-0.05, 0) is 192 Å². The molecule has 0 aromatic heterocycles. The zero-order valence-corrected chi connectivity index (χ0v) is 73.6. The fourth-order valence-electron chi connectivity index (χ4n) is 21.2. The summed E-state index contributed by atoms with van der Waals surface area (Å²) in [4.78, 5) is 305. The van der Waals surface area contributed by atoms with Crippen LogP contribution in [0.25, 0.3) is 0 Å². The number of hydrogen-bond acceptors (Lipinski definition) is 23. The summed E-state index contributed by atoms with van der Waals surface area (Å²) in [5.41, 5.74) is 0. The zero-order valence-electron chi connectivity index (χ0n) is 72.8. The smallest absolute Gasteiger partial charge is 0.322 e. The third-order valence-electron chi connectivity index (χ3n) is 27.7. The van der Waals surface area contributed by atoms with Crippen LogP contribution in [-0.4, -0.2) is 416 Å². The molecule has 128 heavy (non-hydrogen) atoms. The maximum Gasteiger partial charge on any atom is 0.322 e. The van der Waals surface area contributed by atoms with Crippen LogP contribution < -0.4 is 47.9 Å². The topological polar surface area (TPSA) is 526 Å². The van der Waals surface area contributed by atoms with Gasteiger partial charge in [0.1, 0.15) is 85.1 Å². The highest BCUT2D eigenvalue weighted by atomic mass is 32.2. The predicted molar refractivity (Wildman–Crippen MR) is 451 cm³/mol. The number of carboxylic acid groups (broad SMARTS) is 1. The normalized spacial score (nSPS) is 27.0. The van der Waals surface area contributed by atoms with Gasteiger partial charge in [-0.15, -0.1) is 0 Å². The highest BCUT2D eigenvalue weighted by Gasteiger charge is 2.51. The highest BCUT2D eigenvalue weighted by Crippen LogP contribution is 2.33. The maximum absolute atomic E-state index is 14.5. The third kappa shape index (κ3) is 21.7. The maximum atomic E-state index is 14.5. The van der Waals surface area contributed by atoms with E-state index in [4.69, 9.17) is 5.11 Å². The Kier molecular flexibility index (Phi) is 32.2. The van der Waals surface area contributed by atoms with E-state index in [2.05, 4.69) is 47.9 Å². The summed E-state index contributed by atoms with van der Waals surface area (Å²) in [7, 11) is 0. The SMILES string of the molecule is CSCC[C@H](NC(=O)[C@@H]1CCCN1C(=O)CNC(=O)[C@@H]1CCCN1C(=O)[C@@H]1CCCN1)C(=O)NCC(=O)N1CCC[C@H]1C(=O)N1CCC[C@H]1C(=O)NCC(=O)N1CCC[C@H]1C(=O)N1CCC[C@H]1C(=O)NCC(=O)N1CCC[C@H]1C(=O)N1CCC[C@H]1C(=O)NCC(=O)N1CCC[C@H]1C(=O)N1CCC[C@H]1C(=O)NCC(=O)N1CCC[C@H]1C(=O)N1CCC[C@H]1C(=O)NCC(=O)O. The molecule has 13 aliphatic rings. The minimum atomic E-state index is -1.23. The highest BCUT2D eigenvalue weighted by molar-refractivity contribution is 7.98. The molecule has 20 amide bonds. The number of rotatable bonds is 32. The monoisotopic (exact) mass is 1810 g/mol. The average molecular weight is 1810 g/mol. The molecule has 13 heterocycles. The number of carboxylic acids is 1. The van der Waals surface area contributed by atoms with Crippen LogP contribution >= 0.6 is 11.8 Å². The van der Waals surface area contributed by atoms with Crippen molar-refractivity contribution in [1.82, 2.24) is 107 Å². The van der Waals surface area contributed by atoms with E-state index < -0.39 is 236 Å². The zero-order chi connectivity index (χ0) is 91.1. The summed E-state index contributed by atoms with van der Waals surface area (Å²) in [5.74, 6) is -11.2. The molecule has 0 spiro atoms. The van der Waals surface area contributed by atoms with Crippen LogP contribution in [0.1, 0.15) is 173 Å². The lowest BCUT2D eigenvalue weighted by molar-refractivity contribution is -0.148. The summed E-state index contributed by atoms with van der Waals surface area (Å²) in [6.45, 7) is -0.0866. The first-order valence-electron chi connectivity index (χ1n) is 45.9. The molecule has 44 heteroatoms. The minimum Gasteiger partial charge on any atom is -0.480 e. The first-order valence-corrected chi connectivity index (χ1v) is 47.3. The van der Waals surface area contributed by atoms with E-state index in [0.717, 1.165) is 13.0 Å². The van der Waals surface area contributed by atoms with Gasteiger partial charge in [0, 0.05) is 78.5 Å². The lowest BCUT2D eigenvalue weighted by Gasteiger charge is -2.32. The first-order chi connectivity index (χ1) is 61.6. The second-order valence-electron chi connectivity index (χ2n) is 35.5. The van der Waals surface area contributed by atoms with Gasteiger partial charge in [0.2, 0.25) is 118 Å². The Morgan fingerprint density at radius 2 is 0.492 bits per heavy atom. The van der Waals surface area contributed by atoms with Crippen molar-refractivity contribution in [1.29, 1.82) is 0 Å². The van der Waals surface area contributed by atoms with E-state index in [1.807, 2.05) is 6.26 Å². The predicted octanol–water partition coefficient (Wildman–Crippen LogP) is -6.23. The molecule has 13 aliphatic heterocycles. The molecule has 10 N–H and O–H groups in total. The lowest BCUT2D eigenvalue weighted by Crippen LogP contribution is -2.57. The number of hydrogen-bond donors (Lipinski definition) is 10. The Labute approximate surface area is 745 Å². The van der Waals surface area contributed by atoms with Crippen LogP contribution in [0, 0.1) is 0 Å². The van der Waals surface area contributed by atoms with E-state index in [-0.39, 0.29) is 148 Å². The molecule has 0 aliphatic carbocycles. The Balaban J connectivity index is 0.519. The van der Waals surface area contributed by atoms with Gasteiger partial charge in [-0.25, -0.2) is 0 Å². The van der Waals surface area contributed by atoms with Crippen molar-refractivity contribution in [3.05, 3.63) is 0 Å². The second kappa shape index (κ2) is 43.5. The molecule has 0 aromatic carbocycles. The summed E-state index contributed by atoms with van der Waals surface area (Å²) < 4.78 is 0. The van der Waals surface area contributed by atoms with Gasteiger partial charge in [0.25, 0.3) is 0 Å². The van der Waals surface area contributed by atoms with Crippen molar-refractivity contribution in [3.8, 4) is 0 Å². The average Bonchev–Trinajstić information content (AvgIpc) is 1.65. The van der Waals surface area contributed by atoms with Gasteiger partial charge < -0.3 is 112 Å². The van der Waals surface area contributed by atoms with Crippen molar-refractivity contribution < 1.29 is 106 Å². The fourth-order valence-corrected chi connectivity index (χ4v) is 21.6. The van der Waals surface area contributed by atoms with E-state index >= 15 is 0 Å². The van der Waals surface area contributed by atoms with Crippen LogP contribution in [0.4, 0.5) is 0 Å². The summed E-state index contributed by atoms with van der Waals surface area (Å²) in [6.07, 6.45) is 12.9. The molecule has 0 bridgehead atoms. The Hall–Kier alpha value is -10.8. The Bertz CT molecular complexity index is 4290. The Morgan fingerprint density at radius 1 is 0.273 bits per heavy atom. The van der Waals surface area contributed by atoms with Crippen LogP contribution in [-0.2, 0) is 101 Å². The van der Waals surface area contributed by atoms with Crippen LogP contribution in [0.2, 0.25) is 0 Å². The molecule has 702 valence electrons. The summed E-state index contributed by atoms with van der Waals surface area (Å²) in [6, 6.07) is -12.6. The first kappa shape index (κ1) is 94.8. The number of thioether (sulfide) groups is 1. The van der Waals surface area contributed by atoms with Gasteiger partial charge in [-0.2, -0.15) is 11.8 Å². The number of amides is 20. The molecule has 14 atom stereocenters.